The van der Waals surface area contributed by atoms with Crippen molar-refractivity contribution in [3.05, 3.63) is 42.7 Å². The number of benzene rings is 1. The number of methoxy groups -OCH3 is 1. The molecule has 0 amide bonds. The summed E-state index contributed by atoms with van der Waals surface area (Å²) in [5.41, 5.74) is -0.284. The number of carboxylic acids is 1. The molecule has 1 aromatic heterocycles. The molecular weight excluding hydrogens is 408 g/mol. The number of nitro groups is 1. The number of aromatic nitrogens is 1. The average Bonchev–Trinajstić information content (AvgIpc) is 2.92. The monoisotopic (exact) mass is 424 g/mol. The van der Waals surface area contributed by atoms with E-state index in [0.29, 0.717) is 16.0 Å². The molecule has 0 saturated carbocycles. The smallest absolute Gasteiger partial charge is 0.303 e. The fourth-order valence-corrected chi connectivity index (χ4v) is 3.75. The molecule has 1 aromatic carbocycles. The largest absolute Gasteiger partial charge is 0.497 e. The van der Waals surface area contributed by atoms with Crippen LogP contribution in [0.1, 0.15) is 23.3 Å². The summed E-state index contributed by atoms with van der Waals surface area (Å²) in [4.78, 5) is 33.2. The van der Waals surface area contributed by atoms with E-state index in [-0.39, 0.29) is 47.0 Å². The Kier molecular flexibility index (Phi) is 7.01. The van der Waals surface area contributed by atoms with E-state index in [2.05, 4.69) is 0 Å². The maximum Gasteiger partial charge on any atom is 0.303 e. The van der Waals surface area contributed by atoms with Gasteiger partial charge in [0.25, 0.3) is 5.69 Å². The van der Waals surface area contributed by atoms with Gasteiger partial charge in [-0.2, -0.15) is 0 Å². The van der Waals surface area contributed by atoms with E-state index in [4.69, 9.17) is 22.1 Å². The van der Waals surface area contributed by atoms with Gasteiger partial charge in [-0.05, 0) is 36.8 Å². The summed E-state index contributed by atoms with van der Waals surface area (Å²) in [6.45, 7) is 0.192. The van der Waals surface area contributed by atoms with Gasteiger partial charge in [-0.25, -0.2) is 0 Å². The second kappa shape index (κ2) is 9.24. The number of carbonyl (C=O) groups is 2. The molecule has 0 radical (unpaired) electrons. The minimum Gasteiger partial charge on any atom is -0.497 e. The quantitative estimate of drug-likeness (QED) is 0.205. The number of aldehydes is 1. The van der Waals surface area contributed by atoms with Crippen LogP contribution >= 0.6 is 23.6 Å². The molecule has 0 fully saturated rings. The van der Waals surface area contributed by atoms with Gasteiger partial charge < -0.3 is 14.9 Å². The normalized spacial score (nSPS) is 11.2. The summed E-state index contributed by atoms with van der Waals surface area (Å²) in [5, 5.41) is 30.4. The molecule has 0 aliphatic heterocycles. The number of aliphatic carboxylic acids is 1. The van der Waals surface area contributed by atoms with Crippen molar-refractivity contribution in [2.24, 2.45) is 0 Å². The third-order valence-electron chi connectivity index (χ3n) is 3.79. The van der Waals surface area contributed by atoms with Gasteiger partial charge in [0.15, 0.2) is 10.2 Å². The van der Waals surface area contributed by atoms with Crippen molar-refractivity contribution in [3.8, 4) is 11.6 Å². The summed E-state index contributed by atoms with van der Waals surface area (Å²) in [6.07, 6.45) is 1.92. The number of ether oxygens (including phenoxy) is 1. The second-order valence-electron chi connectivity index (χ2n) is 5.56. The highest BCUT2D eigenvalue weighted by atomic mass is 32.1. The number of thiazole rings is 1. The predicted molar refractivity (Wildman–Crippen MR) is 105 cm³/mol. The van der Waals surface area contributed by atoms with Crippen molar-refractivity contribution in [3.63, 3.8) is 0 Å². The Hall–Kier alpha value is -3.05. The molecule has 28 heavy (non-hydrogen) atoms. The topological polar surface area (TPSA) is 132 Å². The molecule has 2 N–H and O–H groups in total. The molecule has 2 aromatic rings. The number of carboxylic acid groups (broad SMARTS) is 1. The van der Waals surface area contributed by atoms with Crippen molar-refractivity contribution in [1.29, 1.82) is 0 Å². The number of rotatable bonds is 9. The van der Waals surface area contributed by atoms with E-state index < -0.39 is 10.9 Å². The summed E-state index contributed by atoms with van der Waals surface area (Å²) in [5.74, 6) is -0.864. The molecule has 0 bridgehead atoms. The van der Waals surface area contributed by atoms with Crippen LogP contribution in [0.15, 0.2) is 18.2 Å². The van der Waals surface area contributed by atoms with Crippen LogP contribution in [-0.2, 0) is 16.1 Å². The lowest BCUT2D eigenvalue weighted by Gasteiger charge is -2.06. The lowest BCUT2D eigenvalue weighted by molar-refractivity contribution is -0.385. The van der Waals surface area contributed by atoms with Gasteiger partial charge in [0, 0.05) is 24.6 Å². The Labute approximate surface area is 168 Å². The van der Waals surface area contributed by atoms with Crippen molar-refractivity contribution >= 4 is 53.1 Å². The lowest BCUT2D eigenvalue weighted by Crippen LogP contribution is -2.01. The molecule has 11 heteroatoms. The number of allylic oxidation sites excluding steroid dienone is 1. The van der Waals surface area contributed by atoms with Gasteiger partial charge in [0.1, 0.15) is 5.75 Å². The maximum absolute atomic E-state index is 11.6. The SMILES string of the molecule is COc1ccc([N+](=O)[O-])c(/C(C=O)=C/c2sc(=S)n(CCCC(=O)O)c2O)c1. The summed E-state index contributed by atoms with van der Waals surface area (Å²) in [7, 11) is 1.39. The highest BCUT2D eigenvalue weighted by Gasteiger charge is 2.20. The number of nitrogens with zero attached hydrogens (tertiary/aromatic N) is 2. The third-order valence-corrected chi connectivity index (χ3v) is 5.18. The number of carbonyl (C=O) groups excluding carboxylic acids is 1. The average molecular weight is 424 g/mol. The molecule has 0 aliphatic carbocycles. The third kappa shape index (κ3) is 4.81. The van der Waals surface area contributed by atoms with Crippen LogP contribution < -0.4 is 4.74 Å². The van der Waals surface area contributed by atoms with E-state index in [1.54, 1.807) is 0 Å². The number of hydrogen-bond donors (Lipinski definition) is 2. The minimum absolute atomic E-state index is 0.0326. The van der Waals surface area contributed by atoms with Crippen LogP contribution in [0.2, 0.25) is 0 Å². The zero-order chi connectivity index (χ0) is 20.8. The summed E-state index contributed by atoms with van der Waals surface area (Å²) < 4.78 is 6.71. The van der Waals surface area contributed by atoms with Gasteiger partial charge in [0.2, 0.25) is 5.88 Å². The Balaban J connectivity index is 2.49. The van der Waals surface area contributed by atoms with Crippen LogP contribution in [-0.4, -0.2) is 39.1 Å². The van der Waals surface area contributed by atoms with E-state index >= 15 is 0 Å². The first kappa shape index (κ1) is 21.3. The first-order valence-corrected chi connectivity index (χ1v) is 9.15. The Morgan fingerprint density at radius 3 is 2.75 bits per heavy atom. The number of hydrogen-bond acceptors (Lipinski definition) is 8. The van der Waals surface area contributed by atoms with Crippen LogP contribution in [0.25, 0.3) is 11.6 Å². The Morgan fingerprint density at radius 1 is 1.46 bits per heavy atom. The molecule has 0 unspecified atom stereocenters. The minimum atomic E-state index is -0.963. The Morgan fingerprint density at radius 2 is 2.18 bits per heavy atom. The molecule has 148 valence electrons. The zero-order valence-corrected chi connectivity index (χ0v) is 16.3. The molecule has 0 aliphatic rings. The maximum atomic E-state index is 11.6. The van der Waals surface area contributed by atoms with E-state index in [0.717, 1.165) is 11.3 Å². The van der Waals surface area contributed by atoms with Crippen LogP contribution in [0, 0.1) is 14.1 Å². The van der Waals surface area contributed by atoms with Gasteiger partial charge in [0.05, 0.1) is 22.5 Å². The number of aromatic hydroxyl groups is 1. The van der Waals surface area contributed by atoms with Gasteiger partial charge in [-0.15, -0.1) is 11.3 Å². The highest BCUT2D eigenvalue weighted by molar-refractivity contribution is 7.73. The fraction of sp³-hybridized carbons (Fsp3) is 0.235. The Bertz CT molecular complexity index is 1010. The molecule has 9 nitrogen and oxygen atoms in total. The number of nitro benzene ring substituents is 1. The van der Waals surface area contributed by atoms with Gasteiger partial charge in [-0.1, -0.05) is 0 Å². The predicted octanol–water partition coefficient (Wildman–Crippen LogP) is 3.51. The van der Waals surface area contributed by atoms with Crippen molar-refractivity contribution in [2.75, 3.05) is 7.11 Å². The summed E-state index contributed by atoms with van der Waals surface area (Å²) in [6, 6.07) is 3.99. The first-order valence-electron chi connectivity index (χ1n) is 7.92. The molecule has 1 heterocycles. The van der Waals surface area contributed by atoms with E-state index in [9.17, 15) is 24.8 Å². The van der Waals surface area contributed by atoms with E-state index in [1.165, 1.54) is 36.0 Å². The molecule has 0 atom stereocenters. The van der Waals surface area contributed by atoms with Crippen LogP contribution in [0.3, 0.4) is 0 Å². The molecule has 2 rings (SSSR count). The van der Waals surface area contributed by atoms with Crippen LogP contribution in [0.4, 0.5) is 5.69 Å². The zero-order valence-electron chi connectivity index (χ0n) is 14.7. The highest BCUT2D eigenvalue weighted by Crippen LogP contribution is 2.34. The molecule has 0 spiro atoms. The van der Waals surface area contributed by atoms with Gasteiger partial charge >= 0.3 is 5.97 Å². The van der Waals surface area contributed by atoms with E-state index in [1.807, 2.05) is 0 Å². The van der Waals surface area contributed by atoms with Crippen molar-refractivity contribution in [2.45, 2.75) is 19.4 Å². The lowest BCUT2D eigenvalue weighted by atomic mass is 10.0. The summed E-state index contributed by atoms with van der Waals surface area (Å²) >= 11 is 6.19. The fourth-order valence-electron chi connectivity index (χ4n) is 2.44. The standard InChI is InChI=1S/C17H16N2O7S2/c1-26-11-4-5-13(19(24)25)12(8-11)10(9-20)7-14-16(23)18(17(27)28-14)6-2-3-15(21)22/h4-5,7-9,23H,2-3,6H2,1H3,(H,21,22)/b10-7+. The van der Waals surface area contributed by atoms with Crippen molar-refractivity contribution < 1.29 is 29.5 Å². The second-order valence-corrected chi connectivity index (χ2v) is 7.24. The van der Waals surface area contributed by atoms with Gasteiger partial charge in [-0.3, -0.25) is 24.3 Å². The first-order chi connectivity index (χ1) is 13.3. The van der Waals surface area contributed by atoms with Crippen LogP contribution in [0.5, 0.6) is 11.6 Å². The molecule has 0 saturated heterocycles. The molecular formula is C17H16N2O7S2. The van der Waals surface area contributed by atoms with Crippen molar-refractivity contribution in [1.82, 2.24) is 4.57 Å².